The lowest BCUT2D eigenvalue weighted by Gasteiger charge is -2.20. The lowest BCUT2D eigenvalue weighted by Crippen LogP contribution is -1.92. The third kappa shape index (κ3) is 4.58. The second-order valence-corrected chi connectivity index (χ2v) is 13.6. The molecule has 0 radical (unpaired) electrons. The van der Waals surface area contributed by atoms with E-state index in [-0.39, 0.29) is 29.7 Å². The summed E-state index contributed by atoms with van der Waals surface area (Å²) in [5.74, 6) is 0. The molecule has 1 heterocycles. The van der Waals surface area contributed by atoms with Crippen molar-refractivity contribution in [2.45, 2.75) is 0 Å². The molecular formula is C52H32O. The number of furan rings is 1. The fourth-order valence-electron chi connectivity index (χ4n) is 8.52. The average molecular weight is 678 g/mol. The van der Waals surface area contributed by atoms with Crippen LogP contribution in [0.25, 0.3) is 110 Å². The monoisotopic (exact) mass is 677 g/mol. The molecule has 53 heavy (non-hydrogen) atoms. The summed E-state index contributed by atoms with van der Waals surface area (Å²) >= 11 is 0. The first kappa shape index (κ1) is 25.1. The molecule has 0 N–H and O–H groups in total. The van der Waals surface area contributed by atoms with Crippen LogP contribution in [0.2, 0.25) is 0 Å². The number of rotatable bonds is 4. The van der Waals surface area contributed by atoms with Gasteiger partial charge in [-0.2, -0.15) is 0 Å². The zero-order valence-electron chi connectivity index (χ0n) is 33.5. The van der Waals surface area contributed by atoms with Gasteiger partial charge in [0.1, 0.15) is 11.2 Å². The fraction of sp³-hybridized carbons (Fsp3) is 0. The van der Waals surface area contributed by atoms with Gasteiger partial charge in [0.25, 0.3) is 0 Å². The van der Waals surface area contributed by atoms with Crippen LogP contribution in [0.5, 0.6) is 0 Å². The van der Waals surface area contributed by atoms with Crippen molar-refractivity contribution in [1.82, 2.24) is 0 Å². The molecule has 11 rings (SSSR count). The third-order valence-corrected chi connectivity index (χ3v) is 10.7. The largest absolute Gasteiger partial charge is 0.456 e. The summed E-state index contributed by atoms with van der Waals surface area (Å²) < 4.78 is 49.0. The second kappa shape index (κ2) is 11.8. The van der Waals surface area contributed by atoms with Crippen LogP contribution in [0.1, 0.15) is 6.85 Å². The molecule has 246 valence electrons. The zero-order valence-corrected chi connectivity index (χ0v) is 28.5. The molecule has 0 saturated carbocycles. The molecule has 10 aromatic carbocycles. The number of benzene rings is 10. The molecule has 1 aromatic heterocycles. The van der Waals surface area contributed by atoms with Crippen molar-refractivity contribution in [3.05, 3.63) is 194 Å². The SMILES string of the molecule is [2H]c1c([2H])c([2H])c(-c2ccc(-c3c4ccccc4c(-c4cccc(-c5cccc6oc7ccc8ccccc8c7c56)c4)c4ccccc34)c3ccccc23)c([2H])c1[2H]. The highest BCUT2D eigenvalue weighted by Gasteiger charge is 2.20. The summed E-state index contributed by atoms with van der Waals surface area (Å²) in [6, 6.07) is 55.4. The Bertz CT molecular complexity index is 3440. The first-order valence-electron chi connectivity index (χ1n) is 20.4. The highest BCUT2D eigenvalue weighted by molar-refractivity contribution is 6.25. The molecule has 0 atom stereocenters. The number of fused-ring (bicyclic) bond motifs is 8. The maximum atomic E-state index is 8.78. The van der Waals surface area contributed by atoms with E-state index in [2.05, 4.69) is 133 Å². The van der Waals surface area contributed by atoms with Gasteiger partial charge in [-0.05, 0) is 106 Å². The van der Waals surface area contributed by atoms with E-state index >= 15 is 0 Å². The molecule has 0 unspecified atom stereocenters. The lowest BCUT2D eigenvalue weighted by atomic mass is 9.83. The van der Waals surface area contributed by atoms with E-state index in [1.165, 1.54) is 10.8 Å². The molecule has 0 aliphatic rings. The lowest BCUT2D eigenvalue weighted by molar-refractivity contribution is 0.669. The summed E-state index contributed by atoms with van der Waals surface area (Å²) in [7, 11) is 0. The summed E-state index contributed by atoms with van der Waals surface area (Å²) in [6.45, 7) is 0. The number of hydrogen-bond donors (Lipinski definition) is 0. The van der Waals surface area contributed by atoms with Gasteiger partial charge < -0.3 is 4.42 Å². The van der Waals surface area contributed by atoms with Gasteiger partial charge in [-0.1, -0.05) is 176 Å². The van der Waals surface area contributed by atoms with E-state index in [0.717, 1.165) is 87.6 Å². The van der Waals surface area contributed by atoms with Crippen LogP contribution in [0.15, 0.2) is 198 Å². The molecule has 0 aliphatic carbocycles. The second-order valence-electron chi connectivity index (χ2n) is 13.6. The van der Waals surface area contributed by atoms with E-state index in [1.807, 2.05) is 30.3 Å². The molecule has 0 aliphatic heterocycles. The van der Waals surface area contributed by atoms with Gasteiger partial charge in [-0.25, -0.2) is 0 Å². The van der Waals surface area contributed by atoms with Crippen molar-refractivity contribution in [2.75, 3.05) is 0 Å². The molecule has 1 nitrogen and oxygen atoms in total. The molecular weight excluding hydrogens is 641 g/mol. The van der Waals surface area contributed by atoms with Crippen LogP contribution >= 0.6 is 0 Å². The Morgan fingerprint density at radius 2 is 0.906 bits per heavy atom. The van der Waals surface area contributed by atoms with Crippen LogP contribution in [0.4, 0.5) is 0 Å². The Morgan fingerprint density at radius 3 is 1.64 bits per heavy atom. The van der Waals surface area contributed by atoms with Crippen LogP contribution in [0, 0.1) is 0 Å². The maximum absolute atomic E-state index is 8.78. The third-order valence-electron chi connectivity index (χ3n) is 10.7. The average Bonchev–Trinajstić information content (AvgIpc) is 3.67. The van der Waals surface area contributed by atoms with E-state index in [1.54, 1.807) is 0 Å². The summed E-state index contributed by atoms with van der Waals surface area (Å²) in [6.07, 6.45) is 0. The van der Waals surface area contributed by atoms with Gasteiger partial charge in [0, 0.05) is 10.8 Å². The Kier molecular flexibility index (Phi) is 5.58. The fourth-order valence-corrected chi connectivity index (χ4v) is 8.52. The molecule has 0 fully saturated rings. The minimum Gasteiger partial charge on any atom is -0.456 e. The Balaban J connectivity index is 1.16. The van der Waals surface area contributed by atoms with Crippen molar-refractivity contribution >= 4 is 65.0 Å². The number of hydrogen-bond acceptors (Lipinski definition) is 1. The van der Waals surface area contributed by atoms with E-state index in [4.69, 9.17) is 11.3 Å². The Morgan fingerprint density at radius 1 is 0.340 bits per heavy atom. The minimum absolute atomic E-state index is 0.200. The molecule has 1 heteroatoms. The van der Waals surface area contributed by atoms with Crippen LogP contribution in [-0.2, 0) is 0 Å². The summed E-state index contributed by atoms with van der Waals surface area (Å²) in [4.78, 5) is 0. The van der Waals surface area contributed by atoms with Crippen molar-refractivity contribution in [3.63, 3.8) is 0 Å². The van der Waals surface area contributed by atoms with Crippen LogP contribution < -0.4 is 0 Å². The molecule has 0 spiro atoms. The van der Waals surface area contributed by atoms with E-state index in [9.17, 15) is 0 Å². The highest BCUT2D eigenvalue weighted by atomic mass is 16.3. The topological polar surface area (TPSA) is 13.1 Å². The first-order valence-corrected chi connectivity index (χ1v) is 17.9. The molecule has 0 saturated heterocycles. The van der Waals surface area contributed by atoms with Crippen LogP contribution in [-0.4, -0.2) is 0 Å². The smallest absolute Gasteiger partial charge is 0.136 e. The van der Waals surface area contributed by atoms with E-state index in [0.29, 0.717) is 5.56 Å². The van der Waals surface area contributed by atoms with Gasteiger partial charge in [0.15, 0.2) is 0 Å². The van der Waals surface area contributed by atoms with Crippen molar-refractivity contribution < 1.29 is 11.3 Å². The maximum Gasteiger partial charge on any atom is 0.136 e. The molecule has 0 bridgehead atoms. The van der Waals surface area contributed by atoms with E-state index < -0.39 is 6.04 Å². The van der Waals surface area contributed by atoms with Crippen molar-refractivity contribution in [1.29, 1.82) is 0 Å². The quantitative estimate of drug-likeness (QED) is 0.169. The standard InChI is InChI=1S/C52H32O/c1-2-14-33(15-3-1)37-29-30-46(41-21-7-6-20-40(37)41)50-44-24-10-8-22-42(44)49(43-23-9-11-25-45(43)50)36-18-12-17-35(32-36)39-26-13-27-47-52(39)51-38-19-5-4-16-34(38)28-31-48(51)53-47/h1-32H/i1D,2D,3D,14D,15D. The minimum atomic E-state index is -0.399. The predicted molar refractivity (Wildman–Crippen MR) is 225 cm³/mol. The van der Waals surface area contributed by atoms with Gasteiger partial charge in [-0.15, -0.1) is 0 Å². The molecule has 11 aromatic rings. The van der Waals surface area contributed by atoms with Gasteiger partial charge in [0.2, 0.25) is 0 Å². The zero-order chi connectivity index (χ0) is 39.2. The Labute approximate surface area is 314 Å². The Hall–Kier alpha value is -6.96. The molecule has 0 amide bonds. The summed E-state index contributed by atoms with van der Waals surface area (Å²) in [5.41, 5.74) is 9.09. The van der Waals surface area contributed by atoms with Crippen molar-refractivity contribution in [3.8, 4) is 44.5 Å². The summed E-state index contributed by atoms with van der Waals surface area (Å²) in [5, 5.41) is 10.7. The normalized spacial score (nSPS) is 13.1. The van der Waals surface area contributed by atoms with Crippen LogP contribution in [0.3, 0.4) is 0 Å². The highest BCUT2D eigenvalue weighted by Crippen LogP contribution is 2.47. The van der Waals surface area contributed by atoms with Gasteiger partial charge >= 0.3 is 0 Å². The van der Waals surface area contributed by atoms with Crippen molar-refractivity contribution in [2.24, 2.45) is 0 Å². The predicted octanol–water partition coefficient (Wildman–Crippen LogP) is 14.9. The first-order chi connectivity index (χ1) is 28.4. The van der Waals surface area contributed by atoms with Gasteiger partial charge in [0.05, 0.1) is 6.85 Å². The van der Waals surface area contributed by atoms with Gasteiger partial charge in [-0.3, -0.25) is 0 Å².